The van der Waals surface area contributed by atoms with Gasteiger partial charge < -0.3 is 10.5 Å². The van der Waals surface area contributed by atoms with Gasteiger partial charge in [-0.05, 0) is 18.1 Å². The summed E-state index contributed by atoms with van der Waals surface area (Å²) in [5.74, 6) is 0. The molecule has 0 spiro atoms. The van der Waals surface area contributed by atoms with Crippen LogP contribution in [-0.2, 0) is 17.4 Å². The van der Waals surface area contributed by atoms with E-state index in [0.29, 0.717) is 11.8 Å². The lowest BCUT2D eigenvalue weighted by atomic mass is 10.0. The SMILES string of the molecule is N[C@@H](C=O)Cc1cccc(C(F)(F)F)c1. The normalized spacial score (nSPS) is 13.6. The summed E-state index contributed by atoms with van der Waals surface area (Å²) in [6, 6.07) is 4.04. The Hall–Kier alpha value is -1.36. The number of rotatable bonds is 3. The lowest BCUT2D eigenvalue weighted by Crippen LogP contribution is -2.24. The van der Waals surface area contributed by atoms with E-state index in [4.69, 9.17) is 5.73 Å². The van der Waals surface area contributed by atoms with Crippen molar-refractivity contribution in [2.75, 3.05) is 0 Å². The topological polar surface area (TPSA) is 43.1 Å². The summed E-state index contributed by atoms with van der Waals surface area (Å²) in [4.78, 5) is 10.2. The van der Waals surface area contributed by atoms with Gasteiger partial charge in [0.15, 0.2) is 0 Å². The zero-order valence-electron chi connectivity index (χ0n) is 7.79. The minimum Gasteiger partial charge on any atom is -0.321 e. The minimum atomic E-state index is -4.36. The molecule has 0 unspecified atom stereocenters. The Bertz CT molecular complexity index is 349. The Morgan fingerprint density at radius 3 is 2.60 bits per heavy atom. The molecule has 82 valence electrons. The molecule has 0 fully saturated rings. The van der Waals surface area contributed by atoms with Crippen LogP contribution < -0.4 is 5.73 Å². The van der Waals surface area contributed by atoms with Crippen LogP contribution in [0.5, 0.6) is 0 Å². The fourth-order valence-electron chi connectivity index (χ4n) is 1.19. The summed E-state index contributed by atoms with van der Waals surface area (Å²) < 4.78 is 36.9. The number of carbonyl (C=O) groups excluding carboxylic acids is 1. The number of alkyl halides is 3. The van der Waals surface area contributed by atoms with Crippen molar-refractivity contribution in [2.45, 2.75) is 18.6 Å². The summed E-state index contributed by atoms with van der Waals surface area (Å²) in [5.41, 5.74) is 5.00. The Morgan fingerprint density at radius 2 is 2.07 bits per heavy atom. The van der Waals surface area contributed by atoms with Crippen LogP contribution in [0.1, 0.15) is 11.1 Å². The van der Waals surface area contributed by atoms with Gasteiger partial charge in [-0.25, -0.2) is 0 Å². The molecule has 1 rings (SSSR count). The first-order valence-electron chi connectivity index (χ1n) is 4.30. The third-order valence-corrected chi connectivity index (χ3v) is 1.90. The van der Waals surface area contributed by atoms with Crippen molar-refractivity contribution >= 4 is 6.29 Å². The smallest absolute Gasteiger partial charge is 0.321 e. The van der Waals surface area contributed by atoms with Crippen molar-refractivity contribution in [1.82, 2.24) is 0 Å². The quantitative estimate of drug-likeness (QED) is 0.784. The summed E-state index contributed by atoms with van der Waals surface area (Å²) >= 11 is 0. The molecule has 0 amide bonds. The molecule has 2 nitrogen and oxygen atoms in total. The van der Waals surface area contributed by atoms with E-state index in [1.165, 1.54) is 12.1 Å². The summed E-state index contributed by atoms with van der Waals surface area (Å²) in [6.07, 6.45) is -3.73. The Balaban J connectivity index is 2.88. The zero-order valence-corrected chi connectivity index (χ0v) is 7.79. The predicted molar refractivity (Wildman–Crippen MR) is 49.2 cm³/mol. The van der Waals surface area contributed by atoms with Crippen LogP contribution in [0.4, 0.5) is 13.2 Å². The van der Waals surface area contributed by atoms with Gasteiger partial charge in [-0.2, -0.15) is 13.2 Å². The molecule has 1 aromatic rings. The van der Waals surface area contributed by atoms with Gasteiger partial charge >= 0.3 is 6.18 Å². The van der Waals surface area contributed by atoms with Gasteiger partial charge in [0.1, 0.15) is 6.29 Å². The highest BCUT2D eigenvalue weighted by Crippen LogP contribution is 2.29. The summed E-state index contributed by atoms with van der Waals surface area (Å²) in [7, 11) is 0. The molecular formula is C10H10F3NO. The van der Waals surface area contributed by atoms with Crippen LogP contribution in [0.15, 0.2) is 24.3 Å². The lowest BCUT2D eigenvalue weighted by Gasteiger charge is -2.09. The predicted octanol–water partition coefficient (Wildman–Crippen LogP) is 1.77. The van der Waals surface area contributed by atoms with Crippen LogP contribution in [0.2, 0.25) is 0 Å². The van der Waals surface area contributed by atoms with Gasteiger partial charge in [0.25, 0.3) is 0 Å². The molecule has 0 aromatic heterocycles. The highest BCUT2D eigenvalue weighted by molar-refractivity contribution is 5.57. The number of benzene rings is 1. The Kier molecular flexibility index (Phi) is 3.47. The fraction of sp³-hybridized carbons (Fsp3) is 0.300. The highest BCUT2D eigenvalue weighted by atomic mass is 19.4. The van der Waals surface area contributed by atoms with E-state index in [-0.39, 0.29) is 6.42 Å². The van der Waals surface area contributed by atoms with E-state index in [1.807, 2.05) is 0 Å². The van der Waals surface area contributed by atoms with Gasteiger partial charge in [0.2, 0.25) is 0 Å². The fourth-order valence-corrected chi connectivity index (χ4v) is 1.19. The van der Waals surface area contributed by atoms with Crippen molar-refractivity contribution in [3.8, 4) is 0 Å². The lowest BCUT2D eigenvalue weighted by molar-refractivity contribution is -0.137. The van der Waals surface area contributed by atoms with Crippen LogP contribution >= 0.6 is 0 Å². The molecule has 0 radical (unpaired) electrons. The second kappa shape index (κ2) is 4.44. The molecule has 0 saturated carbocycles. The monoisotopic (exact) mass is 217 g/mol. The molecule has 1 aromatic carbocycles. The van der Waals surface area contributed by atoms with Crippen molar-refractivity contribution in [2.24, 2.45) is 5.73 Å². The van der Waals surface area contributed by atoms with E-state index < -0.39 is 17.8 Å². The molecule has 15 heavy (non-hydrogen) atoms. The standard InChI is InChI=1S/C10H10F3NO/c11-10(12,13)8-3-1-2-7(4-8)5-9(14)6-15/h1-4,6,9H,5,14H2/t9-/m1/s1. The number of halogens is 3. The van der Waals surface area contributed by atoms with Gasteiger partial charge in [-0.1, -0.05) is 18.2 Å². The molecule has 0 heterocycles. The molecule has 0 aliphatic heterocycles. The van der Waals surface area contributed by atoms with Crippen LogP contribution in [0.3, 0.4) is 0 Å². The van der Waals surface area contributed by atoms with Gasteiger partial charge in [0.05, 0.1) is 11.6 Å². The van der Waals surface area contributed by atoms with Crippen molar-refractivity contribution in [3.63, 3.8) is 0 Å². The van der Waals surface area contributed by atoms with E-state index in [9.17, 15) is 18.0 Å². The first-order chi connectivity index (χ1) is 6.93. The molecule has 0 aliphatic carbocycles. The highest BCUT2D eigenvalue weighted by Gasteiger charge is 2.30. The third kappa shape index (κ3) is 3.36. The second-order valence-electron chi connectivity index (χ2n) is 3.20. The van der Waals surface area contributed by atoms with Crippen LogP contribution in [-0.4, -0.2) is 12.3 Å². The van der Waals surface area contributed by atoms with E-state index >= 15 is 0 Å². The van der Waals surface area contributed by atoms with Crippen LogP contribution in [0.25, 0.3) is 0 Å². The molecule has 0 aliphatic rings. The minimum absolute atomic E-state index is 0.118. The van der Waals surface area contributed by atoms with Gasteiger partial charge in [-0.3, -0.25) is 0 Å². The van der Waals surface area contributed by atoms with Gasteiger partial charge in [0, 0.05) is 0 Å². The molecule has 0 bridgehead atoms. The largest absolute Gasteiger partial charge is 0.416 e. The van der Waals surface area contributed by atoms with Gasteiger partial charge in [-0.15, -0.1) is 0 Å². The average molecular weight is 217 g/mol. The Morgan fingerprint density at radius 1 is 1.40 bits per heavy atom. The molecular weight excluding hydrogens is 207 g/mol. The molecule has 1 atom stereocenters. The second-order valence-corrected chi connectivity index (χ2v) is 3.20. The Labute approximate surface area is 84.9 Å². The maximum atomic E-state index is 12.3. The number of nitrogens with two attached hydrogens (primary N) is 1. The van der Waals surface area contributed by atoms with E-state index in [0.717, 1.165) is 12.1 Å². The molecule has 0 saturated heterocycles. The number of hydrogen-bond donors (Lipinski definition) is 1. The summed E-state index contributed by atoms with van der Waals surface area (Å²) in [5, 5.41) is 0. The number of aldehydes is 1. The first-order valence-corrected chi connectivity index (χ1v) is 4.30. The maximum Gasteiger partial charge on any atom is 0.416 e. The maximum absolute atomic E-state index is 12.3. The molecule has 5 heteroatoms. The number of hydrogen-bond acceptors (Lipinski definition) is 2. The average Bonchev–Trinajstić information content (AvgIpc) is 2.17. The van der Waals surface area contributed by atoms with Crippen molar-refractivity contribution in [1.29, 1.82) is 0 Å². The van der Waals surface area contributed by atoms with Crippen LogP contribution in [0, 0.1) is 0 Å². The van der Waals surface area contributed by atoms with Crippen molar-refractivity contribution in [3.05, 3.63) is 35.4 Å². The summed E-state index contributed by atoms with van der Waals surface area (Å²) in [6.45, 7) is 0. The number of carbonyl (C=O) groups is 1. The zero-order chi connectivity index (χ0) is 11.5. The van der Waals surface area contributed by atoms with Crippen molar-refractivity contribution < 1.29 is 18.0 Å². The third-order valence-electron chi connectivity index (χ3n) is 1.90. The molecule has 2 N–H and O–H groups in total. The van der Waals surface area contributed by atoms with E-state index in [2.05, 4.69) is 0 Å². The first kappa shape index (κ1) is 11.7. The van der Waals surface area contributed by atoms with E-state index in [1.54, 1.807) is 0 Å².